The number of nitrogens with one attached hydrogen (secondary N) is 1. The van der Waals surface area contributed by atoms with Crippen LogP contribution in [0, 0.1) is 6.92 Å². The quantitative estimate of drug-likeness (QED) is 0.812. The number of fused-ring (bicyclic) bond motifs is 1. The number of aromatic nitrogens is 3. The van der Waals surface area contributed by atoms with E-state index >= 15 is 0 Å². The number of anilines is 1. The molecule has 2 rings (SSSR count). The van der Waals surface area contributed by atoms with Crippen LogP contribution in [-0.2, 0) is 11.8 Å². The first-order chi connectivity index (χ1) is 8.11. The maximum absolute atomic E-state index is 11.4. The van der Waals surface area contributed by atoms with Crippen molar-refractivity contribution in [1.82, 2.24) is 14.8 Å². The third-order valence-electron chi connectivity index (χ3n) is 2.49. The van der Waals surface area contributed by atoms with Crippen molar-refractivity contribution in [3.05, 3.63) is 18.0 Å². The van der Waals surface area contributed by atoms with Crippen molar-refractivity contribution in [2.75, 3.05) is 11.1 Å². The first kappa shape index (κ1) is 11.9. The number of amides is 1. The molecule has 0 aliphatic heterocycles. The van der Waals surface area contributed by atoms with Crippen molar-refractivity contribution in [2.24, 2.45) is 7.05 Å². The fourth-order valence-electron chi connectivity index (χ4n) is 1.70. The lowest BCUT2D eigenvalue weighted by molar-refractivity contribution is -0.115. The lowest BCUT2D eigenvalue weighted by Gasteiger charge is -2.03. The summed E-state index contributed by atoms with van der Waals surface area (Å²) in [5.74, 6) is 0.482. The average Bonchev–Trinajstić information content (AvgIpc) is 2.55. The molecule has 2 heterocycles. The Morgan fingerprint density at radius 1 is 1.59 bits per heavy atom. The van der Waals surface area contributed by atoms with Gasteiger partial charge in [0.05, 0.1) is 17.6 Å². The average molecular weight is 250 g/mol. The van der Waals surface area contributed by atoms with Gasteiger partial charge in [-0.25, -0.2) is 4.98 Å². The maximum atomic E-state index is 11.4. The number of carbonyl (C=O) groups is 1. The largest absolute Gasteiger partial charge is 0.325 e. The van der Waals surface area contributed by atoms with Crippen molar-refractivity contribution in [3.63, 3.8) is 0 Å². The Morgan fingerprint density at radius 2 is 2.35 bits per heavy atom. The second kappa shape index (κ2) is 4.75. The predicted octanol–water partition coefficient (Wildman–Crippen LogP) is 1.54. The molecule has 0 bridgehead atoms. The zero-order valence-electron chi connectivity index (χ0n) is 9.77. The number of aryl methyl sites for hydroxylation is 2. The summed E-state index contributed by atoms with van der Waals surface area (Å²) in [6.07, 6.45) is 2.03. The van der Waals surface area contributed by atoms with Gasteiger partial charge in [0.15, 0.2) is 5.65 Å². The molecular formula is C11H14N4OS. The van der Waals surface area contributed by atoms with Gasteiger partial charge in [0, 0.05) is 18.9 Å². The van der Waals surface area contributed by atoms with E-state index in [0.717, 1.165) is 16.7 Å². The van der Waals surface area contributed by atoms with Crippen molar-refractivity contribution in [3.8, 4) is 0 Å². The number of pyridine rings is 1. The Morgan fingerprint density at radius 3 is 3.06 bits per heavy atom. The van der Waals surface area contributed by atoms with Crippen LogP contribution in [0.25, 0.3) is 11.0 Å². The van der Waals surface area contributed by atoms with E-state index in [4.69, 9.17) is 0 Å². The smallest absolute Gasteiger partial charge is 0.225 e. The summed E-state index contributed by atoms with van der Waals surface area (Å²) in [5.41, 5.74) is 2.41. The summed E-state index contributed by atoms with van der Waals surface area (Å²) in [7, 11) is 1.85. The highest BCUT2D eigenvalue weighted by atomic mass is 32.1. The van der Waals surface area contributed by atoms with E-state index in [1.54, 1.807) is 10.9 Å². The second-order valence-electron chi connectivity index (χ2n) is 3.83. The van der Waals surface area contributed by atoms with E-state index in [1.807, 2.05) is 20.0 Å². The van der Waals surface area contributed by atoms with Crippen molar-refractivity contribution < 1.29 is 4.79 Å². The highest BCUT2D eigenvalue weighted by Gasteiger charge is 2.08. The summed E-state index contributed by atoms with van der Waals surface area (Å²) in [4.78, 5) is 15.7. The van der Waals surface area contributed by atoms with Gasteiger partial charge >= 0.3 is 0 Å². The molecule has 5 nitrogen and oxygen atoms in total. The van der Waals surface area contributed by atoms with E-state index in [-0.39, 0.29) is 5.91 Å². The first-order valence-electron chi connectivity index (χ1n) is 5.32. The van der Waals surface area contributed by atoms with Crippen LogP contribution in [0.3, 0.4) is 0 Å². The molecule has 1 N–H and O–H groups in total. The number of thiol groups is 1. The molecule has 0 spiro atoms. The van der Waals surface area contributed by atoms with Crippen LogP contribution in [0.1, 0.15) is 12.1 Å². The summed E-state index contributed by atoms with van der Waals surface area (Å²) in [5, 5.41) is 8.01. The molecule has 90 valence electrons. The van der Waals surface area contributed by atoms with Crippen LogP contribution in [0.5, 0.6) is 0 Å². The fraction of sp³-hybridized carbons (Fsp3) is 0.364. The van der Waals surface area contributed by atoms with E-state index in [9.17, 15) is 4.79 Å². The molecular weight excluding hydrogens is 236 g/mol. The molecule has 0 fully saturated rings. The summed E-state index contributed by atoms with van der Waals surface area (Å²) >= 11 is 4.02. The number of carbonyl (C=O) groups excluding carboxylic acids is 1. The molecule has 0 aliphatic carbocycles. The van der Waals surface area contributed by atoms with Crippen LogP contribution >= 0.6 is 12.6 Å². The van der Waals surface area contributed by atoms with Gasteiger partial charge in [0.1, 0.15) is 0 Å². The van der Waals surface area contributed by atoms with Gasteiger partial charge in [-0.3, -0.25) is 9.48 Å². The molecule has 0 aliphatic rings. The minimum absolute atomic E-state index is 0.0531. The molecule has 2 aromatic rings. The van der Waals surface area contributed by atoms with Crippen LogP contribution < -0.4 is 5.32 Å². The van der Waals surface area contributed by atoms with Crippen LogP contribution in [-0.4, -0.2) is 26.4 Å². The van der Waals surface area contributed by atoms with Gasteiger partial charge < -0.3 is 5.32 Å². The highest BCUT2D eigenvalue weighted by molar-refractivity contribution is 7.80. The van der Waals surface area contributed by atoms with Crippen molar-refractivity contribution in [2.45, 2.75) is 13.3 Å². The third-order valence-corrected chi connectivity index (χ3v) is 2.71. The van der Waals surface area contributed by atoms with E-state index in [2.05, 4.69) is 28.0 Å². The lowest BCUT2D eigenvalue weighted by Crippen LogP contribution is -2.11. The summed E-state index contributed by atoms with van der Waals surface area (Å²) in [6.45, 7) is 1.92. The van der Waals surface area contributed by atoms with Gasteiger partial charge in [-0.2, -0.15) is 17.7 Å². The standard InChI is InChI=1S/C11H14N4OS/c1-7-9-5-8(13-10(16)3-4-17)6-12-11(9)15(2)14-7/h5-6,17H,3-4H2,1-2H3,(H,13,16). The fourth-order valence-corrected chi connectivity index (χ4v) is 1.90. The third kappa shape index (κ3) is 2.41. The van der Waals surface area contributed by atoms with Gasteiger partial charge in [0.25, 0.3) is 0 Å². The molecule has 6 heteroatoms. The molecule has 0 atom stereocenters. The van der Waals surface area contributed by atoms with Crippen molar-refractivity contribution in [1.29, 1.82) is 0 Å². The van der Waals surface area contributed by atoms with Crippen LogP contribution in [0.2, 0.25) is 0 Å². The Kier molecular flexibility index (Phi) is 3.33. The molecule has 0 aromatic carbocycles. The molecule has 0 unspecified atom stereocenters. The van der Waals surface area contributed by atoms with E-state index in [1.165, 1.54) is 0 Å². The molecule has 0 saturated heterocycles. The molecule has 0 radical (unpaired) electrons. The minimum Gasteiger partial charge on any atom is -0.325 e. The highest BCUT2D eigenvalue weighted by Crippen LogP contribution is 2.19. The number of rotatable bonds is 3. The molecule has 1 amide bonds. The number of hydrogen-bond acceptors (Lipinski definition) is 4. The summed E-state index contributed by atoms with van der Waals surface area (Å²) < 4.78 is 1.73. The van der Waals surface area contributed by atoms with Crippen LogP contribution in [0.15, 0.2) is 12.3 Å². The Balaban J connectivity index is 2.31. The Bertz CT molecular complexity index is 564. The molecule has 17 heavy (non-hydrogen) atoms. The topological polar surface area (TPSA) is 59.8 Å². The number of hydrogen-bond donors (Lipinski definition) is 2. The lowest BCUT2D eigenvalue weighted by atomic mass is 10.2. The van der Waals surface area contributed by atoms with Crippen molar-refractivity contribution >= 4 is 35.3 Å². The van der Waals surface area contributed by atoms with Gasteiger partial charge in [-0.05, 0) is 18.7 Å². The maximum Gasteiger partial charge on any atom is 0.225 e. The zero-order valence-corrected chi connectivity index (χ0v) is 10.7. The van der Waals surface area contributed by atoms with Crippen LogP contribution in [0.4, 0.5) is 5.69 Å². The Hall–Kier alpha value is -1.56. The molecule has 2 aromatic heterocycles. The second-order valence-corrected chi connectivity index (χ2v) is 4.27. The van der Waals surface area contributed by atoms with E-state index in [0.29, 0.717) is 17.9 Å². The Labute approximate surface area is 105 Å². The zero-order chi connectivity index (χ0) is 12.4. The van der Waals surface area contributed by atoms with E-state index < -0.39 is 0 Å². The normalized spacial score (nSPS) is 10.8. The van der Waals surface area contributed by atoms with Gasteiger partial charge in [-0.1, -0.05) is 0 Å². The monoisotopic (exact) mass is 250 g/mol. The first-order valence-corrected chi connectivity index (χ1v) is 5.95. The summed E-state index contributed by atoms with van der Waals surface area (Å²) in [6, 6.07) is 1.89. The predicted molar refractivity (Wildman–Crippen MR) is 70.3 cm³/mol. The molecule has 0 saturated carbocycles. The van der Waals surface area contributed by atoms with Gasteiger partial charge in [0.2, 0.25) is 5.91 Å². The number of nitrogens with zero attached hydrogens (tertiary/aromatic N) is 3. The SMILES string of the molecule is Cc1nn(C)c2ncc(NC(=O)CCS)cc12. The minimum atomic E-state index is -0.0531. The van der Waals surface area contributed by atoms with Gasteiger partial charge in [-0.15, -0.1) is 0 Å².